The Kier molecular flexibility index (Phi) is 6.59. The van der Waals surface area contributed by atoms with Crippen LogP contribution in [-0.2, 0) is 0 Å². The Labute approximate surface area is 187 Å². The molecule has 0 bridgehead atoms. The molecule has 0 fully saturated rings. The average molecular weight is 446 g/mol. The monoisotopic (exact) mass is 446 g/mol. The summed E-state index contributed by atoms with van der Waals surface area (Å²) in [7, 11) is 0. The molecule has 166 valence electrons. The quantitative estimate of drug-likeness (QED) is 0.207. The van der Waals surface area contributed by atoms with Gasteiger partial charge in [0.25, 0.3) is 0 Å². The molecule has 0 aliphatic carbocycles. The molecule has 0 spiro atoms. The number of hydrogen-bond acceptors (Lipinski definition) is 7. The number of aromatic carboxylic acids is 1. The number of benzene rings is 3. The van der Waals surface area contributed by atoms with Crippen LogP contribution < -0.4 is 0 Å². The molecule has 0 saturated carbocycles. The molecule has 3 aromatic carbocycles. The Bertz CT molecular complexity index is 1230. The van der Waals surface area contributed by atoms with Crippen LogP contribution in [-0.4, -0.2) is 43.1 Å². The smallest absolute Gasteiger partial charge is 0.335 e. The molecule has 0 heterocycles. The lowest BCUT2D eigenvalue weighted by molar-refractivity contribution is 0.0697. The summed E-state index contributed by atoms with van der Waals surface area (Å²) in [4.78, 5) is 36.7. The highest BCUT2D eigenvalue weighted by atomic mass is 16.4. The van der Waals surface area contributed by atoms with Gasteiger partial charge in [0.15, 0.2) is 34.6 Å². The van der Waals surface area contributed by atoms with Gasteiger partial charge in [-0.15, -0.1) is 0 Å². The lowest BCUT2D eigenvalue weighted by Crippen LogP contribution is -2.06. The maximum absolute atomic E-state index is 12.6. The van der Waals surface area contributed by atoms with Gasteiger partial charge >= 0.3 is 5.97 Å². The molecule has 0 aliphatic rings. The van der Waals surface area contributed by atoms with E-state index in [1.54, 1.807) is 0 Å². The van der Waals surface area contributed by atoms with Crippen molar-refractivity contribution in [3.05, 3.63) is 94.6 Å². The second kappa shape index (κ2) is 9.52. The third-order valence-electron chi connectivity index (χ3n) is 4.60. The van der Waals surface area contributed by atoms with Crippen LogP contribution in [0.2, 0.25) is 0 Å². The number of carbonyl (C=O) groups excluding carboxylic acids is 2. The largest absolute Gasteiger partial charge is 0.504 e. The Morgan fingerprint density at radius 2 is 0.939 bits per heavy atom. The van der Waals surface area contributed by atoms with E-state index in [0.717, 1.165) is 24.3 Å². The van der Waals surface area contributed by atoms with Crippen molar-refractivity contribution in [1.29, 1.82) is 0 Å². The Balaban J connectivity index is 1.88. The molecule has 8 heteroatoms. The van der Waals surface area contributed by atoms with Crippen LogP contribution in [0.15, 0.2) is 66.7 Å². The summed E-state index contributed by atoms with van der Waals surface area (Å²) in [6, 6.07) is 11.5. The average Bonchev–Trinajstić information content (AvgIpc) is 2.79. The molecule has 0 aliphatic heterocycles. The normalized spacial score (nSPS) is 11.2. The number of allylic oxidation sites excluding steroid dienone is 2. The van der Waals surface area contributed by atoms with Crippen LogP contribution in [0.4, 0.5) is 0 Å². The molecular weight excluding hydrogens is 428 g/mol. The second-order valence-electron chi connectivity index (χ2n) is 7.00. The zero-order valence-corrected chi connectivity index (χ0v) is 17.0. The van der Waals surface area contributed by atoms with Gasteiger partial charge in [0, 0.05) is 11.1 Å². The van der Waals surface area contributed by atoms with Crippen molar-refractivity contribution in [1.82, 2.24) is 0 Å². The number of phenols is 4. The van der Waals surface area contributed by atoms with Crippen molar-refractivity contribution in [3.8, 4) is 23.0 Å². The zero-order valence-electron chi connectivity index (χ0n) is 17.0. The molecule has 0 unspecified atom stereocenters. The SMILES string of the molecule is O=C(O)c1cc(C(=O)/C=C/c2ccc(O)c(O)c2)cc(C(=O)/C=C/c2ccc(O)c(O)c2)c1. The van der Waals surface area contributed by atoms with Crippen LogP contribution in [0, 0.1) is 0 Å². The third-order valence-corrected chi connectivity index (χ3v) is 4.60. The van der Waals surface area contributed by atoms with Crippen LogP contribution in [0.25, 0.3) is 12.2 Å². The van der Waals surface area contributed by atoms with E-state index >= 15 is 0 Å². The number of carboxylic acids is 1. The van der Waals surface area contributed by atoms with Gasteiger partial charge in [-0.25, -0.2) is 4.79 Å². The maximum Gasteiger partial charge on any atom is 0.335 e. The maximum atomic E-state index is 12.6. The predicted molar refractivity (Wildman–Crippen MR) is 120 cm³/mol. The fourth-order valence-electron chi connectivity index (χ4n) is 2.86. The van der Waals surface area contributed by atoms with Crippen LogP contribution >= 0.6 is 0 Å². The Hall–Kier alpha value is -4.85. The molecule has 0 aromatic heterocycles. The van der Waals surface area contributed by atoms with Gasteiger partial charge in [0.05, 0.1) is 5.56 Å². The summed E-state index contributed by atoms with van der Waals surface area (Å²) >= 11 is 0. The van der Waals surface area contributed by atoms with Gasteiger partial charge < -0.3 is 25.5 Å². The van der Waals surface area contributed by atoms with Crippen LogP contribution in [0.1, 0.15) is 42.2 Å². The minimum Gasteiger partial charge on any atom is -0.504 e. The van der Waals surface area contributed by atoms with Crippen molar-refractivity contribution in [2.75, 3.05) is 0 Å². The van der Waals surface area contributed by atoms with E-state index in [1.165, 1.54) is 54.6 Å². The van der Waals surface area contributed by atoms with E-state index in [-0.39, 0.29) is 39.7 Å². The molecule has 3 rings (SSSR count). The molecule has 0 saturated heterocycles. The first-order chi connectivity index (χ1) is 15.6. The van der Waals surface area contributed by atoms with Gasteiger partial charge in [-0.2, -0.15) is 0 Å². The fraction of sp³-hybridized carbons (Fsp3) is 0. The number of carboxylic acid groups (broad SMARTS) is 1. The van der Waals surface area contributed by atoms with Gasteiger partial charge in [-0.05, 0) is 65.7 Å². The highest BCUT2D eigenvalue weighted by Crippen LogP contribution is 2.26. The van der Waals surface area contributed by atoms with E-state index in [2.05, 4.69) is 0 Å². The molecule has 0 amide bonds. The summed E-state index contributed by atoms with van der Waals surface area (Å²) in [5.74, 6) is -3.83. The number of carbonyl (C=O) groups is 3. The van der Waals surface area contributed by atoms with Crippen LogP contribution in [0.5, 0.6) is 23.0 Å². The Morgan fingerprint density at radius 1 is 0.545 bits per heavy atom. The molecule has 33 heavy (non-hydrogen) atoms. The summed E-state index contributed by atoms with van der Waals surface area (Å²) in [5, 5.41) is 47.1. The van der Waals surface area contributed by atoms with Crippen molar-refractivity contribution in [3.63, 3.8) is 0 Å². The van der Waals surface area contributed by atoms with Crippen molar-refractivity contribution < 1.29 is 39.9 Å². The van der Waals surface area contributed by atoms with Gasteiger partial charge in [0.2, 0.25) is 0 Å². The Morgan fingerprint density at radius 3 is 1.30 bits per heavy atom. The first-order valence-electron chi connectivity index (χ1n) is 9.51. The minimum atomic E-state index is -1.32. The molecule has 0 atom stereocenters. The van der Waals surface area contributed by atoms with Crippen molar-refractivity contribution >= 4 is 29.7 Å². The van der Waals surface area contributed by atoms with Gasteiger partial charge in [-0.1, -0.05) is 24.3 Å². The van der Waals surface area contributed by atoms with Crippen molar-refractivity contribution in [2.45, 2.75) is 0 Å². The number of rotatable bonds is 7. The fourth-order valence-corrected chi connectivity index (χ4v) is 2.86. The number of ketones is 2. The first-order valence-corrected chi connectivity index (χ1v) is 9.51. The molecular formula is C25H18O8. The highest BCUT2D eigenvalue weighted by molar-refractivity contribution is 6.12. The van der Waals surface area contributed by atoms with E-state index in [1.807, 2.05) is 0 Å². The lowest BCUT2D eigenvalue weighted by Gasteiger charge is -2.04. The van der Waals surface area contributed by atoms with Crippen molar-refractivity contribution in [2.24, 2.45) is 0 Å². The van der Waals surface area contributed by atoms with E-state index in [4.69, 9.17) is 0 Å². The highest BCUT2D eigenvalue weighted by Gasteiger charge is 2.14. The van der Waals surface area contributed by atoms with E-state index < -0.39 is 17.5 Å². The zero-order chi connectivity index (χ0) is 24.1. The standard InChI is InChI=1S/C25H18O8/c26-19(5-1-14-3-7-21(28)23(30)9-14)16-11-17(13-18(12-16)25(32)33)20(27)6-2-15-4-8-22(29)24(31)10-15/h1-13,28-31H,(H,32,33)/b5-1+,6-2+. The summed E-state index contributed by atoms with van der Waals surface area (Å²) in [6.07, 6.45) is 5.04. The molecule has 8 nitrogen and oxygen atoms in total. The lowest BCUT2D eigenvalue weighted by atomic mass is 9.99. The summed E-state index contributed by atoms with van der Waals surface area (Å²) < 4.78 is 0. The topological polar surface area (TPSA) is 152 Å². The third kappa shape index (κ3) is 5.65. The second-order valence-corrected chi connectivity index (χ2v) is 7.00. The summed E-state index contributed by atoms with van der Waals surface area (Å²) in [6.45, 7) is 0. The predicted octanol–water partition coefficient (Wildman–Crippen LogP) is 4.00. The number of hydrogen-bond donors (Lipinski definition) is 5. The number of aromatic hydroxyl groups is 4. The summed E-state index contributed by atoms with van der Waals surface area (Å²) in [5.41, 5.74) is 0.519. The van der Waals surface area contributed by atoms with E-state index in [0.29, 0.717) is 11.1 Å². The van der Waals surface area contributed by atoms with Gasteiger partial charge in [-0.3, -0.25) is 9.59 Å². The molecule has 3 aromatic rings. The minimum absolute atomic E-state index is 0.0341. The molecule has 0 radical (unpaired) electrons. The molecule has 5 N–H and O–H groups in total. The van der Waals surface area contributed by atoms with E-state index in [9.17, 15) is 39.9 Å². The van der Waals surface area contributed by atoms with Crippen LogP contribution in [0.3, 0.4) is 0 Å². The number of phenolic OH excluding ortho intramolecular Hbond substituents is 4. The van der Waals surface area contributed by atoms with Gasteiger partial charge in [0.1, 0.15) is 0 Å². The first kappa shape index (κ1) is 22.8.